The second kappa shape index (κ2) is 6.03. The minimum absolute atomic E-state index is 0.138. The first-order valence-electron chi connectivity index (χ1n) is 5.47. The number of anilines is 1. The van der Waals surface area contributed by atoms with Crippen molar-refractivity contribution in [2.24, 2.45) is 0 Å². The molecule has 18 heavy (non-hydrogen) atoms. The van der Waals surface area contributed by atoms with Crippen LogP contribution in [0.3, 0.4) is 0 Å². The number of likely N-dealkylation sites (N-methyl/N-ethyl adjacent to an activating group) is 1. The third kappa shape index (κ3) is 3.86. The molecule has 0 spiro atoms. The van der Waals surface area contributed by atoms with E-state index in [4.69, 9.17) is 10.5 Å². The average molecular weight is 273 g/mol. The van der Waals surface area contributed by atoms with Gasteiger partial charge in [0.05, 0.1) is 10.6 Å². The van der Waals surface area contributed by atoms with Gasteiger partial charge in [0.1, 0.15) is 12.4 Å². The largest absolute Gasteiger partial charge is 0.490 e. The Bertz CT molecular complexity index is 500. The third-order valence-electron chi connectivity index (χ3n) is 2.36. The van der Waals surface area contributed by atoms with Crippen LogP contribution in [-0.2, 0) is 10.0 Å². The summed E-state index contributed by atoms with van der Waals surface area (Å²) in [7, 11) is 1.73. The van der Waals surface area contributed by atoms with E-state index in [1.54, 1.807) is 0 Å². The summed E-state index contributed by atoms with van der Waals surface area (Å²) in [6.45, 7) is 1.17. The van der Waals surface area contributed by atoms with Gasteiger partial charge in [-0.1, -0.05) is 0 Å². The van der Waals surface area contributed by atoms with Gasteiger partial charge in [-0.15, -0.1) is 0 Å². The Hall–Kier alpha value is -1.31. The van der Waals surface area contributed by atoms with Gasteiger partial charge in [-0.2, -0.15) is 0 Å². The zero-order valence-corrected chi connectivity index (χ0v) is 11.6. The predicted octanol–water partition coefficient (Wildman–Crippen LogP) is 0.117. The first kappa shape index (κ1) is 14.7. The molecule has 1 rings (SSSR count). The van der Waals surface area contributed by atoms with Crippen molar-refractivity contribution < 1.29 is 13.2 Å². The van der Waals surface area contributed by atoms with Gasteiger partial charge < -0.3 is 15.4 Å². The van der Waals surface area contributed by atoms with Crippen LogP contribution in [0.15, 0.2) is 23.1 Å². The molecule has 0 aromatic heterocycles. The first-order chi connectivity index (χ1) is 8.36. The molecule has 0 fully saturated rings. The molecule has 0 saturated heterocycles. The lowest BCUT2D eigenvalue weighted by Crippen LogP contribution is -2.20. The van der Waals surface area contributed by atoms with Gasteiger partial charge in [0.2, 0.25) is 10.0 Å². The van der Waals surface area contributed by atoms with Gasteiger partial charge in [0, 0.05) is 12.6 Å². The molecule has 3 N–H and O–H groups in total. The second-order valence-corrected chi connectivity index (χ2v) is 5.95. The number of hydrogen-bond donors (Lipinski definition) is 2. The molecular formula is C11H19N3O3S. The molecule has 0 radical (unpaired) electrons. The molecule has 1 aromatic carbocycles. The minimum atomic E-state index is -3.47. The van der Waals surface area contributed by atoms with E-state index in [1.807, 2.05) is 19.0 Å². The van der Waals surface area contributed by atoms with Crippen molar-refractivity contribution in [3.8, 4) is 5.75 Å². The van der Waals surface area contributed by atoms with Crippen LogP contribution in [0, 0.1) is 0 Å². The Kier molecular flexibility index (Phi) is 4.94. The molecule has 0 amide bonds. The van der Waals surface area contributed by atoms with Crippen molar-refractivity contribution in [2.45, 2.75) is 4.90 Å². The molecule has 0 saturated carbocycles. The van der Waals surface area contributed by atoms with Gasteiger partial charge in [-0.25, -0.2) is 13.1 Å². The number of ether oxygens (including phenoxy) is 1. The molecule has 0 heterocycles. The topological polar surface area (TPSA) is 84.7 Å². The van der Waals surface area contributed by atoms with E-state index < -0.39 is 10.0 Å². The zero-order chi connectivity index (χ0) is 13.8. The van der Waals surface area contributed by atoms with Gasteiger partial charge in [-0.05, 0) is 33.3 Å². The highest BCUT2D eigenvalue weighted by Gasteiger charge is 2.13. The maximum atomic E-state index is 11.6. The average Bonchev–Trinajstić information content (AvgIpc) is 2.31. The highest BCUT2D eigenvalue weighted by atomic mass is 32.2. The molecule has 0 bridgehead atoms. The predicted molar refractivity (Wildman–Crippen MR) is 71.1 cm³/mol. The number of nitrogens with two attached hydrogens (primary N) is 1. The number of sulfonamides is 1. The number of nitrogens with zero attached hydrogens (tertiary/aromatic N) is 1. The monoisotopic (exact) mass is 273 g/mol. The molecule has 0 aliphatic heterocycles. The van der Waals surface area contributed by atoms with Crippen LogP contribution >= 0.6 is 0 Å². The van der Waals surface area contributed by atoms with Crippen molar-refractivity contribution in [3.05, 3.63) is 18.2 Å². The molecule has 0 unspecified atom stereocenters. The van der Waals surface area contributed by atoms with Crippen LogP contribution in [0.4, 0.5) is 5.69 Å². The molecule has 0 aliphatic carbocycles. The highest BCUT2D eigenvalue weighted by molar-refractivity contribution is 7.89. The number of benzene rings is 1. The summed E-state index contributed by atoms with van der Waals surface area (Å²) in [6, 6.07) is 4.39. The molecule has 1 aromatic rings. The van der Waals surface area contributed by atoms with E-state index in [-0.39, 0.29) is 4.90 Å². The Morgan fingerprint density at radius 1 is 1.39 bits per heavy atom. The summed E-state index contributed by atoms with van der Waals surface area (Å²) in [4.78, 5) is 2.10. The van der Waals surface area contributed by atoms with E-state index in [9.17, 15) is 8.42 Å². The number of hydrogen-bond acceptors (Lipinski definition) is 5. The van der Waals surface area contributed by atoms with Crippen molar-refractivity contribution in [1.82, 2.24) is 9.62 Å². The number of nitrogen functional groups attached to an aromatic ring is 1. The van der Waals surface area contributed by atoms with Crippen molar-refractivity contribution in [1.29, 1.82) is 0 Å². The van der Waals surface area contributed by atoms with Crippen molar-refractivity contribution in [2.75, 3.05) is 40.0 Å². The lowest BCUT2D eigenvalue weighted by Gasteiger charge is -2.13. The third-order valence-corrected chi connectivity index (χ3v) is 3.77. The summed E-state index contributed by atoms with van der Waals surface area (Å²) in [5.41, 5.74) is 6.16. The van der Waals surface area contributed by atoms with E-state index >= 15 is 0 Å². The van der Waals surface area contributed by atoms with Crippen molar-refractivity contribution >= 4 is 15.7 Å². The zero-order valence-electron chi connectivity index (χ0n) is 10.8. The summed E-state index contributed by atoms with van der Waals surface area (Å²) >= 11 is 0. The highest BCUT2D eigenvalue weighted by Crippen LogP contribution is 2.24. The van der Waals surface area contributed by atoms with Gasteiger partial charge in [0.25, 0.3) is 0 Å². The fraction of sp³-hybridized carbons (Fsp3) is 0.455. The Balaban J connectivity index is 2.88. The summed E-state index contributed by atoms with van der Waals surface area (Å²) in [6.07, 6.45) is 0. The van der Waals surface area contributed by atoms with Crippen molar-refractivity contribution in [3.63, 3.8) is 0 Å². The summed E-state index contributed by atoms with van der Waals surface area (Å²) in [5.74, 6) is 0.383. The fourth-order valence-electron chi connectivity index (χ4n) is 1.26. The standard InChI is InChI=1S/C11H19N3O3S/c1-13-18(15,16)9-4-5-10(12)11(8-9)17-7-6-14(2)3/h4-5,8,13H,6-7,12H2,1-3H3. The van der Waals surface area contributed by atoms with E-state index in [1.165, 1.54) is 25.2 Å². The minimum Gasteiger partial charge on any atom is -0.490 e. The summed E-state index contributed by atoms with van der Waals surface area (Å²) < 4.78 is 31.0. The SMILES string of the molecule is CNS(=O)(=O)c1ccc(N)c(OCCN(C)C)c1. The summed E-state index contributed by atoms with van der Waals surface area (Å²) in [5, 5.41) is 0. The van der Waals surface area contributed by atoms with E-state index in [0.717, 1.165) is 6.54 Å². The quantitative estimate of drug-likeness (QED) is 0.719. The van der Waals surface area contributed by atoms with Gasteiger partial charge >= 0.3 is 0 Å². The smallest absolute Gasteiger partial charge is 0.240 e. The molecule has 7 heteroatoms. The van der Waals surface area contributed by atoms with Crippen LogP contribution in [0.2, 0.25) is 0 Å². The number of nitrogens with one attached hydrogen (secondary N) is 1. The van der Waals surface area contributed by atoms with E-state index in [0.29, 0.717) is 18.0 Å². The number of rotatable bonds is 6. The Morgan fingerprint density at radius 2 is 2.06 bits per heavy atom. The van der Waals surface area contributed by atoms with E-state index in [2.05, 4.69) is 4.72 Å². The van der Waals surface area contributed by atoms with Crippen LogP contribution in [0.5, 0.6) is 5.75 Å². The van der Waals surface area contributed by atoms with Crippen LogP contribution < -0.4 is 15.2 Å². The molecular weight excluding hydrogens is 254 g/mol. The molecule has 0 aliphatic rings. The van der Waals surface area contributed by atoms with Crippen LogP contribution in [-0.4, -0.2) is 47.6 Å². The van der Waals surface area contributed by atoms with Crippen LogP contribution in [0.25, 0.3) is 0 Å². The maximum Gasteiger partial charge on any atom is 0.240 e. The Morgan fingerprint density at radius 3 is 2.61 bits per heavy atom. The van der Waals surface area contributed by atoms with Crippen LogP contribution in [0.1, 0.15) is 0 Å². The molecule has 0 atom stereocenters. The maximum absolute atomic E-state index is 11.6. The lowest BCUT2D eigenvalue weighted by atomic mass is 10.3. The second-order valence-electron chi connectivity index (χ2n) is 4.06. The molecule has 102 valence electrons. The fourth-order valence-corrected chi connectivity index (χ4v) is 2.01. The molecule has 6 nitrogen and oxygen atoms in total. The van der Waals surface area contributed by atoms with Gasteiger partial charge in [0.15, 0.2) is 0 Å². The Labute approximate surface area is 108 Å². The normalized spacial score (nSPS) is 11.8. The van der Waals surface area contributed by atoms with Gasteiger partial charge in [-0.3, -0.25) is 0 Å². The lowest BCUT2D eigenvalue weighted by molar-refractivity contribution is 0.262. The first-order valence-corrected chi connectivity index (χ1v) is 6.95.